The van der Waals surface area contributed by atoms with Gasteiger partial charge in [0.1, 0.15) is 0 Å². The van der Waals surface area contributed by atoms with E-state index < -0.39 is 10.0 Å². The van der Waals surface area contributed by atoms with Gasteiger partial charge in [-0.25, -0.2) is 8.42 Å². The van der Waals surface area contributed by atoms with Crippen molar-refractivity contribution in [1.82, 2.24) is 5.32 Å². The Hall–Kier alpha value is -1.07. The predicted octanol–water partition coefficient (Wildman–Crippen LogP) is 1.55. The predicted molar refractivity (Wildman–Crippen MR) is 81.6 cm³/mol. The minimum atomic E-state index is -3.13. The zero-order valence-electron chi connectivity index (χ0n) is 11.9. The number of hydrogen-bond donors (Lipinski definition) is 1. The summed E-state index contributed by atoms with van der Waals surface area (Å²) >= 11 is 0. The molecular weight excluding hydrogens is 272 g/mol. The highest BCUT2D eigenvalue weighted by Crippen LogP contribution is 2.31. The van der Waals surface area contributed by atoms with Gasteiger partial charge in [-0.1, -0.05) is 12.1 Å². The first-order valence-corrected chi connectivity index (χ1v) is 9.19. The van der Waals surface area contributed by atoms with Crippen molar-refractivity contribution >= 4 is 15.7 Å². The smallest absolute Gasteiger partial charge is 0.232 e. The van der Waals surface area contributed by atoms with Crippen molar-refractivity contribution in [3.63, 3.8) is 0 Å². The molecule has 3 rings (SSSR count). The van der Waals surface area contributed by atoms with Gasteiger partial charge < -0.3 is 5.32 Å². The zero-order valence-corrected chi connectivity index (χ0v) is 12.7. The third-order valence-electron chi connectivity index (χ3n) is 4.32. The molecule has 2 aliphatic rings. The van der Waals surface area contributed by atoms with Crippen molar-refractivity contribution in [3.8, 4) is 0 Å². The summed E-state index contributed by atoms with van der Waals surface area (Å²) in [7, 11) is -3.13. The standard InChI is InChI=1S/C15H22N2O2S/c1-20(18,19)17-8-6-14-10-12(4-5-15(14)17)9-13-3-2-7-16-11-13/h4-5,10,13,16H,2-3,6-9,11H2,1H3. The van der Waals surface area contributed by atoms with Crippen LogP contribution in [0.5, 0.6) is 0 Å². The molecule has 0 aromatic heterocycles. The molecular formula is C15H22N2O2S. The Morgan fingerprint density at radius 3 is 2.95 bits per heavy atom. The molecule has 1 unspecified atom stereocenters. The molecule has 20 heavy (non-hydrogen) atoms. The van der Waals surface area contributed by atoms with E-state index in [9.17, 15) is 8.42 Å². The van der Waals surface area contributed by atoms with E-state index in [1.165, 1.54) is 34.5 Å². The number of rotatable bonds is 3. The summed E-state index contributed by atoms with van der Waals surface area (Å²) in [4.78, 5) is 0. The summed E-state index contributed by atoms with van der Waals surface area (Å²) < 4.78 is 25.0. The molecule has 0 bridgehead atoms. The van der Waals surface area contributed by atoms with Crippen LogP contribution in [0.4, 0.5) is 5.69 Å². The summed E-state index contributed by atoms with van der Waals surface area (Å²) in [5.74, 6) is 0.717. The first kappa shape index (κ1) is 13.9. The summed E-state index contributed by atoms with van der Waals surface area (Å²) in [6, 6.07) is 6.28. The lowest BCUT2D eigenvalue weighted by Crippen LogP contribution is -2.30. The highest BCUT2D eigenvalue weighted by molar-refractivity contribution is 7.92. The van der Waals surface area contributed by atoms with Gasteiger partial charge in [0.15, 0.2) is 0 Å². The van der Waals surface area contributed by atoms with E-state index in [0.717, 1.165) is 31.6 Å². The third kappa shape index (κ3) is 2.83. The van der Waals surface area contributed by atoms with E-state index in [1.54, 1.807) is 0 Å². The van der Waals surface area contributed by atoms with E-state index in [1.807, 2.05) is 6.07 Å². The van der Waals surface area contributed by atoms with Gasteiger partial charge in [0, 0.05) is 6.54 Å². The van der Waals surface area contributed by atoms with Gasteiger partial charge >= 0.3 is 0 Å². The van der Waals surface area contributed by atoms with Crippen LogP contribution >= 0.6 is 0 Å². The second-order valence-corrected chi connectivity index (χ2v) is 7.87. The van der Waals surface area contributed by atoms with Crippen molar-refractivity contribution in [2.75, 3.05) is 30.2 Å². The number of benzene rings is 1. The molecule has 2 aliphatic heterocycles. The van der Waals surface area contributed by atoms with Gasteiger partial charge in [-0.2, -0.15) is 0 Å². The van der Waals surface area contributed by atoms with Crippen molar-refractivity contribution < 1.29 is 8.42 Å². The first-order chi connectivity index (χ1) is 9.54. The number of nitrogens with zero attached hydrogens (tertiary/aromatic N) is 1. The quantitative estimate of drug-likeness (QED) is 0.920. The topological polar surface area (TPSA) is 49.4 Å². The second-order valence-electron chi connectivity index (χ2n) is 5.96. The van der Waals surface area contributed by atoms with Crippen LogP contribution in [0, 0.1) is 5.92 Å². The van der Waals surface area contributed by atoms with Gasteiger partial charge in [-0.3, -0.25) is 4.31 Å². The lowest BCUT2D eigenvalue weighted by atomic mass is 9.91. The van der Waals surface area contributed by atoms with E-state index in [4.69, 9.17) is 0 Å². The number of fused-ring (bicyclic) bond motifs is 1. The highest BCUT2D eigenvalue weighted by Gasteiger charge is 2.26. The molecule has 5 heteroatoms. The molecule has 1 aromatic rings. The van der Waals surface area contributed by atoms with Crippen LogP contribution in [0.1, 0.15) is 24.0 Å². The van der Waals surface area contributed by atoms with Gasteiger partial charge in [0.2, 0.25) is 10.0 Å². The van der Waals surface area contributed by atoms with Gasteiger partial charge in [0.25, 0.3) is 0 Å². The normalized spacial score (nSPS) is 22.9. The minimum absolute atomic E-state index is 0.586. The monoisotopic (exact) mass is 294 g/mol. The van der Waals surface area contributed by atoms with Gasteiger partial charge in [-0.05, 0) is 61.9 Å². The maximum Gasteiger partial charge on any atom is 0.232 e. The maximum atomic E-state index is 11.7. The van der Waals surface area contributed by atoms with Gasteiger partial charge in [0.05, 0.1) is 11.9 Å². The van der Waals surface area contributed by atoms with Crippen molar-refractivity contribution in [1.29, 1.82) is 0 Å². The summed E-state index contributed by atoms with van der Waals surface area (Å²) in [6.07, 6.45) is 5.76. The van der Waals surface area contributed by atoms with Gasteiger partial charge in [-0.15, -0.1) is 0 Å². The molecule has 1 N–H and O–H groups in total. The summed E-state index contributed by atoms with van der Waals surface area (Å²) in [5.41, 5.74) is 3.39. The van der Waals surface area contributed by atoms with E-state index in [0.29, 0.717) is 12.5 Å². The number of hydrogen-bond acceptors (Lipinski definition) is 3. The highest BCUT2D eigenvalue weighted by atomic mass is 32.2. The molecule has 1 fully saturated rings. The molecule has 1 saturated heterocycles. The molecule has 1 atom stereocenters. The van der Waals surface area contributed by atoms with Crippen LogP contribution in [0.15, 0.2) is 18.2 Å². The molecule has 0 spiro atoms. The van der Waals surface area contributed by atoms with Crippen molar-refractivity contribution in [2.24, 2.45) is 5.92 Å². The van der Waals surface area contributed by atoms with Crippen molar-refractivity contribution in [2.45, 2.75) is 25.7 Å². The fourth-order valence-corrected chi connectivity index (χ4v) is 4.29. The van der Waals surface area contributed by atoms with Crippen molar-refractivity contribution in [3.05, 3.63) is 29.3 Å². The number of nitrogens with one attached hydrogen (secondary N) is 1. The Morgan fingerprint density at radius 1 is 1.40 bits per heavy atom. The Kier molecular flexibility index (Phi) is 3.73. The average Bonchev–Trinajstić information content (AvgIpc) is 2.83. The van der Waals surface area contributed by atoms with Crippen LogP contribution in [0.2, 0.25) is 0 Å². The van der Waals surface area contributed by atoms with Crippen LogP contribution in [0.3, 0.4) is 0 Å². The lowest BCUT2D eigenvalue weighted by Gasteiger charge is -2.23. The minimum Gasteiger partial charge on any atom is -0.316 e. The molecule has 0 amide bonds. The van der Waals surface area contributed by atoms with E-state index in [-0.39, 0.29) is 0 Å². The Balaban J connectivity index is 1.77. The fraction of sp³-hybridized carbons (Fsp3) is 0.600. The number of sulfonamides is 1. The Bertz CT molecular complexity index is 592. The summed E-state index contributed by atoms with van der Waals surface area (Å²) in [5, 5.41) is 3.45. The molecule has 0 radical (unpaired) electrons. The third-order valence-corrected chi connectivity index (χ3v) is 5.50. The van der Waals surface area contributed by atoms with Crippen LogP contribution < -0.4 is 9.62 Å². The summed E-state index contributed by atoms with van der Waals surface area (Å²) in [6.45, 7) is 2.83. The number of anilines is 1. The first-order valence-electron chi connectivity index (χ1n) is 7.34. The molecule has 1 aromatic carbocycles. The van der Waals surface area contributed by atoms with Crippen LogP contribution in [0.25, 0.3) is 0 Å². The number of piperidine rings is 1. The average molecular weight is 294 g/mol. The van der Waals surface area contributed by atoms with E-state index >= 15 is 0 Å². The Morgan fingerprint density at radius 2 is 2.25 bits per heavy atom. The fourth-order valence-electron chi connectivity index (χ4n) is 3.33. The molecule has 4 nitrogen and oxygen atoms in total. The zero-order chi connectivity index (χ0) is 14.2. The Labute approximate surface area is 121 Å². The van der Waals surface area contributed by atoms with Crippen LogP contribution in [-0.4, -0.2) is 34.3 Å². The second kappa shape index (κ2) is 5.37. The van der Waals surface area contributed by atoms with Crippen LogP contribution in [-0.2, 0) is 22.9 Å². The molecule has 0 saturated carbocycles. The van der Waals surface area contributed by atoms with E-state index in [2.05, 4.69) is 17.4 Å². The molecule has 0 aliphatic carbocycles. The largest absolute Gasteiger partial charge is 0.316 e. The lowest BCUT2D eigenvalue weighted by molar-refractivity contribution is 0.376. The molecule has 2 heterocycles. The molecule has 110 valence electrons. The SMILES string of the molecule is CS(=O)(=O)N1CCc2cc(CC3CCCNC3)ccc21. The maximum absolute atomic E-state index is 11.7.